The smallest absolute Gasteiger partial charge is 0.00199 e. The van der Waals surface area contributed by atoms with Crippen LogP contribution < -0.4 is 0 Å². The van der Waals surface area contributed by atoms with Crippen molar-refractivity contribution in [2.45, 2.75) is 105 Å². The van der Waals surface area contributed by atoms with E-state index in [1.165, 1.54) is 153 Å². The lowest BCUT2D eigenvalue weighted by Gasteiger charge is -2.24. The first kappa shape index (κ1) is 44.6. The Balaban J connectivity index is 1.17. The van der Waals surface area contributed by atoms with Crippen LogP contribution in [0.1, 0.15) is 105 Å². The lowest BCUT2D eigenvalue weighted by Crippen LogP contribution is -2.12. The highest BCUT2D eigenvalue weighted by Gasteiger charge is 2.26. The first-order valence-electron chi connectivity index (χ1n) is 26.2. The Kier molecular flexibility index (Phi) is 9.38. The van der Waals surface area contributed by atoms with E-state index in [9.17, 15) is 0 Å². The first-order valence-corrected chi connectivity index (χ1v) is 26.2. The second-order valence-electron chi connectivity index (χ2n) is 25.3. The fraction of sp³-hybridized carbons (Fsp3) is 0.222. The number of hydrogen-bond donors (Lipinski definition) is 0. The maximum Gasteiger partial charge on any atom is -0.00199 e. The minimum Gasteiger partial charge on any atom is -0.0616 e. The highest BCUT2D eigenvalue weighted by molar-refractivity contribution is 6.39. The normalized spacial score (nSPS) is 13.3. The number of benzene rings is 11. The Morgan fingerprint density at radius 2 is 0.639 bits per heavy atom. The molecule has 0 atom stereocenters. The summed E-state index contributed by atoms with van der Waals surface area (Å²) in [5.74, 6) is 0. The van der Waals surface area contributed by atoms with Crippen molar-refractivity contribution >= 4 is 97.0 Å². The van der Waals surface area contributed by atoms with E-state index in [0.29, 0.717) is 0 Å². The SMILES string of the molecule is CC(C)(C)c1ccc(-c2ccc(C(C)(C)C)cc2-c2cc3c(cc4c5ccccc5c5cccc3c54)c3cc4c(cc23)c2ccc(-c3cc(C(C)(C)C)cc5ccc(C(C)(C)C)cc35)c3cccc4c32)cc1. The third kappa shape index (κ3) is 6.71. The lowest BCUT2D eigenvalue weighted by atomic mass is 9.80. The van der Waals surface area contributed by atoms with Crippen LogP contribution in [0.25, 0.3) is 130 Å². The number of fused-ring (bicyclic) bond motifs is 11. The van der Waals surface area contributed by atoms with Gasteiger partial charge in [-0.2, -0.15) is 0 Å². The molecule has 0 spiro atoms. The van der Waals surface area contributed by atoms with Gasteiger partial charge in [0.25, 0.3) is 0 Å². The van der Waals surface area contributed by atoms with Gasteiger partial charge in [-0.3, -0.25) is 0 Å². The van der Waals surface area contributed by atoms with Gasteiger partial charge in [-0.25, -0.2) is 0 Å². The summed E-state index contributed by atoms with van der Waals surface area (Å²) in [4.78, 5) is 0. The summed E-state index contributed by atoms with van der Waals surface area (Å²) in [5.41, 5.74) is 13.1. The van der Waals surface area contributed by atoms with Crippen LogP contribution >= 0.6 is 0 Å². The molecule has 0 heteroatoms. The molecule has 0 N–H and O–H groups in total. The van der Waals surface area contributed by atoms with Crippen molar-refractivity contribution in [3.05, 3.63) is 192 Å². The molecule has 0 bridgehead atoms. The third-order valence-electron chi connectivity index (χ3n) is 16.6. The summed E-state index contributed by atoms with van der Waals surface area (Å²) in [6, 6.07) is 66.9. The van der Waals surface area contributed by atoms with E-state index in [1.807, 2.05) is 0 Å². The predicted octanol–water partition coefficient (Wildman–Crippen LogP) is 21.1. The minimum atomic E-state index is -0.0423. The molecule has 0 fully saturated rings. The molecule has 0 saturated carbocycles. The number of rotatable bonds is 3. The predicted molar refractivity (Wildman–Crippen MR) is 317 cm³/mol. The average Bonchev–Trinajstić information content (AvgIpc) is 3.84. The summed E-state index contributed by atoms with van der Waals surface area (Å²) in [6.07, 6.45) is 0. The van der Waals surface area contributed by atoms with Crippen molar-refractivity contribution in [3.63, 3.8) is 0 Å². The molecule has 352 valence electrons. The van der Waals surface area contributed by atoms with Gasteiger partial charge in [0.15, 0.2) is 0 Å². The zero-order valence-corrected chi connectivity index (χ0v) is 44.2. The molecule has 0 unspecified atom stereocenters. The molecule has 0 aliphatic rings. The van der Waals surface area contributed by atoms with Gasteiger partial charge in [-0.15, -0.1) is 0 Å². The molecule has 0 radical (unpaired) electrons. The Labute approximate surface area is 425 Å². The summed E-state index contributed by atoms with van der Waals surface area (Å²) in [6.45, 7) is 27.9. The van der Waals surface area contributed by atoms with E-state index in [-0.39, 0.29) is 21.7 Å². The van der Waals surface area contributed by atoms with Gasteiger partial charge < -0.3 is 0 Å². The maximum absolute atomic E-state index is 2.57. The van der Waals surface area contributed by atoms with Crippen LogP contribution in [0.3, 0.4) is 0 Å². The topological polar surface area (TPSA) is 0 Å². The highest BCUT2D eigenvalue weighted by atomic mass is 14.3. The monoisotopic (exact) mass is 929 g/mol. The molecule has 13 aromatic carbocycles. The minimum absolute atomic E-state index is 0.00616. The Hall–Kier alpha value is -7.28. The van der Waals surface area contributed by atoms with Crippen LogP contribution in [0.15, 0.2) is 170 Å². The molecule has 13 rings (SSSR count). The maximum atomic E-state index is 2.57. The Morgan fingerprint density at radius 3 is 1.29 bits per heavy atom. The standard InChI is InChI=1S/C72H64/c1-69(2,3)43-26-23-41(24-27-43)47-30-29-45(71(7,8)9)35-57(47)62-38-60-54-22-15-19-51-48-17-13-14-18-49(48)66(68(51)54)40-65(60)64-37-59-53-21-16-20-52-50(31-32-55(67(52)53)61(59)39-63(62)64)58-36-46(72(10,11)12)33-42-25-28-44(34-56(42)58)70(4,5)6/h13-40H,1-12H3. The molecule has 0 aliphatic carbocycles. The van der Waals surface area contributed by atoms with Crippen molar-refractivity contribution < 1.29 is 0 Å². The van der Waals surface area contributed by atoms with Crippen molar-refractivity contribution in [1.82, 2.24) is 0 Å². The van der Waals surface area contributed by atoms with Gasteiger partial charge in [-0.1, -0.05) is 217 Å². The molecule has 0 aliphatic heterocycles. The van der Waals surface area contributed by atoms with Crippen LogP contribution in [0.2, 0.25) is 0 Å². The van der Waals surface area contributed by atoms with Gasteiger partial charge in [0.1, 0.15) is 0 Å². The molecule has 0 amide bonds. The Bertz CT molecular complexity index is 4370. The zero-order chi connectivity index (χ0) is 50.0. The molecule has 0 heterocycles. The van der Waals surface area contributed by atoms with E-state index in [1.54, 1.807) is 0 Å². The van der Waals surface area contributed by atoms with Crippen molar-refractivity contribution in [3.8, 4) is 33.4 Å². The third-order valence-corrected chi connectivity index (χ3v) is 16.6. The lowest BCUT2D eigenvalue weighted by molar-refractivity contribution is 0.589. The van der Waals surface area contributed by atoms with Crippen molar-refractivity contribution in [2.75, 3.05) is 0 Å². The van der Waals surface area contributed by atoms with Gasteiger partial charge in [0.05, 0.1) is 0 Å². The first-order chi connectivity index (χ1) is 34.2. The largest absolute Gasteiger partial charge is 0.0616 e. The molecular formula is C72H64. The van der Waals surface area contributed by atoms with E-state index >= 15 is 0 Å². The van der Waals surface area contributed by atoms with Crippen LogP contribution in [0.5, 0.6) is 0 Å². The fourth-order valence-electron chi connectivity index (χ4n) is 12.4. The van der Waals surface area contributed by atoms with Gasteiger partial charge in [0, 0.05) is 0 Å². The van der Waals surface area contributed by atoms with Crippen LogP contribution in [-0.4, -0.2) is 0 Å². The summed E-state index contributed by atoms with van der Waals surface area (Å²) in [7, 11) is 0. The van der Waals surface area contributed by atoms with Crippen molar-refractivity contribution in [1.29, 1.82) is 0 Å². The fourth-order valence-corrected chi connectivity index (χ4v) is 12.4. The molecule has 72 heavy (non-hydrogen) atoms. The van der Waals surface area contributed by atoms with Gasteiger partial charge in [-0.05, 0) is 211 Å². The second kappa shape index (κ2) is 15.1. The molecule has 13 aromatic rings. The van der Waals surface area contributed by atoms with Crippen LogP contribution in [0.4, 0.5) is 0 Å². The molecule has 0 aromatic heterocycles. The summed E-state index contributed by atoms with van der Waals surface area (Å²) >= 11 is 0. The molecule has 0 nitrogen and oxygen atoms in total. The van der Waals surface area contributed by atoms with E-state index in [4.69, 9.17) is 0 Å². The van der Waals surface area contributed by atoms with E-state index in [2.05, 4.69) is 253 Å². The average molecular weight is 929 g/mol. The Morgan fingerprint density at radius 1 is 0.208 bits per heavy atom. The molecular weight excluding hydrogens is 865 g/mol. The van der Waals surface area contributed by atoms with Crippen molar-refractivity contribution in [2.24, 2.45) is 0 Å². The van der Waals surface area contributed by atoms with Gasteiger partial charge in [0.2, 0.25) is 0 Å². The van der Waals surface area contributed by atoms with Crippen LogP contribution in [0, 0.1) is 0 Å². The van der Waals surface area contributed by atoms with E-state index < -0.39 is 0 Å². The van der Waals surface area contributed by atoms with Crippen LogP contribution in [-0.2, 0) is 21.7 Å². The van der Waals surface area contributed by atoms with Gasteiger partial charge >= 0.3 is 0 Å². The summed E-state index contributed by atoms with van der Waals surface area (Å²) in [5, 5.41) is 23.7. The molecule has 0 saturated heterocycles. The number of hydrogen-bond acceptors (Lipinski definition) is 0. The summed E-state index contributed by atoms with van der Waals surface area (Å²) < 4.78 is 0. The second-order valence-corrected chi connectivity index (χ2v) is 25.3. The quantitative estimate of drug-likeness (QED) is 0.155. The van der Waals surface area contributed by atoms with E-state index in [0.717, 1.165) is 0 Å². The highest BCUT2D eigenvalue weighted by Crippen LogP contribution is 2.51. The zero-order valence-electron chi connectivity index (χ0n) is 44.2.